The molecule has 4 aromatic rings. The molecule has 2 heterocycles. The fraction of sp³-hybridized carbons (Fsp3) is 0.227. The van der Waals surface area contributed by atoms with Crippen molar-refractivity contribution in [3.63, 3.8) is 0 Å². The van der Waals surface area contributed by atoms with E-state index in [4.69, 9.17) is 9.47 Å². The maximum Gasteiger partial charge on any atom is 0.230 e. The number of thioether (sulfide) groups is 1. The number of fused-ring (bicyclic) bond motifs is 1. The molecule has 2 aromatic heterocycles. The van der Waals surface area contributed by atoms with E-state index in [-0.39, 0.29) is 11.7 Å². The van der Waals surface area contributed by atoms with E-state index in [0.29, 0.717) is 40.7 Å². The van der Waals surface area contributed by atoms with Crippen LogP contribution < -0.4 is 14.8 Å². The molecule has 0 unspecified atom stereocenters. The number of benzene rings is 2. The van der Waals surface area contributed by atoms with Gasteiger partial charge in [-0.2, -0.15) is 4.68 Å². The van der Waals surface area contributed by atoms with Crippen LogP contribution in [-0.2, 0) is 11.2 Å². The van der Waals surface area contributed by atoms with E-state index in [0.717, 1.165) is 11.3 Å². The van der Waals surface area contributed by atoms with Gasteiger partial charge in [0.1, 0.15) is 11.4 Å². The van der Waals surface area contributed by atoms with Crippen LogP contribution >= 0.6 is 11.8 Å². The summed E-state index contributed by atoms with van der Waals surface area (Å²) in [6.45, 7) is 0.512. The zero-order valence-corrected chi connectivity index (χ0v) is 18.5. The first-order valence-electron chi connectivity index (χ1n) is 9.92. The molecule has 2 aromatic carbocycles. The van der Waals surface area contributed by atoms with Gasteiger partial charge in [0.15, 0.2) is 22.7 Å². The van der Waals surface area contributed by atoms with E-state index in [1.165, 1.54) is 18.1 Å². The molecule has 1 N–H and O–H groups in total. The molecule has 0 aliphatic rings. The van der Waals surface area contributed by atoms with E-state index in [1.54, 1.807) is 18.9 Å². The number of carbonyl (C=O) groups excluding carboxylic acids is 1. The third-order valence-corrected chi connectivity index (χ3v) is 5.71. The number of ether oxygens (including phenoxy) is 2. The van der Waals surface area contributed by atoms with Gasteiger partial charge >= 0.3 is 0 Å². The number of para-hydroxylation sites is 1. The predicted octanol–water partition coefficient (Wildman–Crippen LogP) is 2.68. The van der Waals surface area contributed by atoms with Gasteiger partial charge in [-0.1, -0.05) is 41.2 Å². The Balaban J connectivity index is 1.34. The summed E-state index contributed by atoms with van der Waals surface area (Å²) in [5, 5.41) is 12.0. The van der Waals surface area contributed by atoms with Crippen LogP contribution in [0.1, 0.15) is 5.56 Å². The highest BCUT2D eigenvalue weighted by Crippen LogP contribution is 2.27. The molecule has 10 heteroatoms. The molecule has 0 fully saturated rings. The Hall–Kier alpha value is -3.66. The molecule has 0 spiro atoms. The lowest BCUT2D eigenvalue weighted by molar-refractivity contribution is -0.118. The number of nitrogens with zero attached hydrogens (tertiary/aromatic N) is 5. The smallest absolute Gasteiger partial charge is 0.230 e. The van der Waals surface area contributed by atoms with E-state index in [9.17, 15) is 4.79 Å². The second-order valence-corrected chi connectivity index (χ2v) is 7.73. The molecular formula is C22H22N6O3S. The van der Waals surface area contributed by atoms with Gasteiger partial charge in [-0.15, -0.1) is 5.10 Å². The fourth-order valence-electron chi connectivity index (χ4n) is 3.14. The predicted molar refractivity (Wildman–Crippen MR) is 121 cm³/mol. The van der Waals surface area contributed by atoms with Crippen LogP contribution in [0.15, 0.2) is 59.9 Å². The zero-order chi connectivity index (χ0) is 22.3. The van der Waals surface area contributed by atoms with Crippen LogP contribution in [0, 0.1) is 0 Å². The summed E-state index contributed by atoms with van der Waals surface area (Å²) in [5.41, 5.74) is 3.07. The van der Waals surface area contributed by atoms with Crippen molar-refractivity contribution in [3.05, 3.63) is 60.4 Å². The number of amides is 1. The minimum absolute atomic E-state index is 0.0855. The molecule has 0 aliphatic carbocycles. The van der Waals surface area contributed by atoms with Crippen molar-refractivity contribution in [3.8, 4) is 17.2 Å². The van der Waals surface area contributed by atoms with Crippen LogP contribution in [0.5, 0.6) is 11.5 Å². The Bertz CT molecular complexity index is 1220. The first kappa shape index (κ1) is 21.6. The van der Waals surface area contributed by atoms with Crippen molar-refractivity contribution in [1.82, 2.24) is 30.3 Å². The third-order valence-electron chi connectivity index (χ3n) is 4.73. The van der Waals surface area contributed by atoms with E-state index in [2.05, 4.69) is 25.6 Å². The van der Waals surface area contributed by atoms with Crippen LogP contribution in [0.3, 0.4) is 0 Å². The summed E-state index contributed by atoms with van der Waals surface area (Å²) in [6.07, 6.45) is 2.14. The molecule has 9 nitrogen and oxygen atoms in total. The lowest BCUT2D eigenvalue weighted by Crippen LogP contribution is -2.27. The Morgan fingerprint density at radius 2 is 1.88 bits per heavy atom. The zero-order valence-electron chi connectivity index (χ0n) is 17.7. The quantitative estimate of drug-likeness (QED) is 0.307. The summed E-state index contributed by atoms with van der Waals surface area (Å²) >= 11 is 1.31. The van der Waals surface area contributed by atoms with Crippen molar-refractivity contribution in [1.29, 1.82) is 0 Å². The van der Waals surface area contributed by atoms with Gasteiger partial charge in [-0.3, -0.25) is 4.79 Å². The molecule has 32 heavy (non-hydrogen) atoms. The first-order chi connectivity index (χ1) is 15.7. The Kier molecular flexibility index (Phi) is 6.81. The molecule has 0 bridgehead atoms. The van der Waals surface area contributed by atoms with Crippen LogP contribution in [-0.4, -0.2) is 57.4 Å². The van der Waals surface area contributed by atoms with Crippen LogP contribution in [0.4, 0.5) is 0 Å². The highest BCUT2D eigenvalue weighted by molar-refractivity contribution is 8.00. The summed E-state index contributed by atoms with van der Waals surface area (Å²) in [6, 6.07) is 15.3. The van der Waals surface area contributed by atoms with Gasteiger partial charge in [0.2, 0.25) is 5.91 Å². The van der Waals surface area contributed by atoms with Crippen molar-refractivity contribution < 1.29 is 14.3 Å². The number of methoxy groups -OCH3 is 2. The molecule has 0 saturated heterocycles. The molecule has 0 atom stereocenters. The molecule has 0 aliphatic heterocycles. The summed E-state index contributed by atoms with van der Waals surface area (Å²) in [5.74, 6) is 1.48. The van der Waals surface area contributed by atoms with Gasteiger partial charge < -0.3 is 14.8 Å². The summed E-state index contributed by atoms with van der Waals surface area (Å²) < 4.78 is 12.2. The third kappa shape index (κ3) is 4.80. The minimum Gasteiger partial charge on any atom is -0.493 e. The monoisotopic (exact) mass is 450 g/mol. The van der Waals surface area contributed by atoms with E-state index < -0.39 is 0 Å². The summed E-state index contributed by atoms with van der Waals surface area (Å²) in [4.78, 5) is 20.9. The highest BCUT2D eigenvalue weighted by Gasteiger charge is 2.14. The minimum atomic E-state index is -0.0855. The summed E-state index contributed by atoms with van der Waals surface area (Å²) in [7, 11) is 3.20. The van der Waals surface area contributed by atoms with Gasteiger partial charge in [-0.25, -0.2) is 9.97 Å². The van der Waals surface area contributed by atoms with Crippen molar-refractivity contribution >= 4 is 28.8 Å². The molecule has 4 rings (SSSR count). The topological polar surface area (TPSA) is 104 Å². The highest BCUT2D eigenvalue weighted by atomic mass is 32.2. The Morgan fingerprint density at radius 3 is 2.66 bits per heavy atom. The molecular weight excluding hydrogens is 428 g/mol. The maximum atomic E-state index is 12.3. The number of hydrogen-bond acceptors (Lipinski definition) is 8. The van der Waals surface area contributed by atoms with Gasteiger partial charge in [0.25, 0.3) is 0 Å². The number of hydrogen-bond donors (Lipinski definition) is 1. The molecule has 164 valence electrons. The molecule has 0 saturated carbocycles. The van der Waals surface area contributed by atoms with Crippen molar-refractivity contribution in [2.24, 2.45) is 0 Å². The number of carbonyl (C=O) groups is 1. The van der Waals surface area contributed by atoms with Gasteiger partial charge in [-0.05, 0) is 36.2 Å². The fourth-order valence-corrected chi connectivity index (χ4v) is 3.90. The van der Waals surface area contributed by atoms with E-state index >= 15 is 0 Å². The largest absolute Gasteiger partial charge is 0.493 e. The maximum absolute atomic E-state index is 12.3. The average molecular weight is 451 g/mol. The SMILES string of the molecule is COc1ccc(CCNC(=O)CSc2ncnc3c2nnn3-c2ccccc2)cc1OC. The number of nitrogens with one attached hydrogen (secondary N) is 1. The van der Waals surface area contributed by atoms with Crippen LogP contribution in [0.2, 0.25) is 0 Å². The molecule has 1 amide bonds. The Morgan fingerprint density at radius 1 is 1.06 bits per heavy atom. The second kappa shape index (κ2) is 10.1. The second-order valence-electron chi connectivity index (χ2n) is 6.77. The number of aromatic nitrogens is 5. The Labute approximate surface area is 189 Å². The number of rotatable bonds is 9. The lowest BCUT2D eigenvalue weighted by atomic mass is 10.1. The van der Waals surface area contributed by atoms with Crippen molar-refractivity contribution in [2.45, 2.75) is 11.4 Å². The van der Waals surface area contributed by atoms with Crippen LogP contribution in [0.25, 0.3) is 16.9 Å². The molecule has 0 radical (unpaired) electrons. The van der Waals surface area contributed by atoms with Gasteiger partial charge in [0.05, 0.1) is 25.7 Å². The lowest BCUT2D eigenvalue weighted by Gasteiger charge is -2.10. The van der Waals surface area contributed by atoms with Crippen molar-refractivity contribution in [2.75, 3.05) is 26.5 Å². The standard InChI is InChI=1S/C22H22N6O3S/c1-30-17-9-8-15(12-18(17)31-2)10-11-23-19(29)13-32-22-20-21(24-14-25-22)28(27-26-20)16-6-4-3-5-7-16/h3-9,12,14H,10-11,13H2,1-2H3,(H,23,29). The van der Waals surface area contributed by atoms with E-state index in [1.807, 2.05) is 48.5 Å². The van der Waals surface area contributed by atoms with Gasteiger partial charge in [0, 0.05) is 6.54 Å². The average Bonchev–Trinajstić information content (AvgIpc) is 3.28. The normalized spacial score (nSPS) is 10.8. The first-order valence-corrected chi connectivity index (χ1v) is 10.9.